The normalized spacial score (nSPS) is 17.2. The topological polar surface area (TPSA) is 62.1 Å². The van der Waals surface area contributed by atoms with Crippen molar-refractivity contribution in [1.82, 2.24) is 4.90 Å². The molecule has 1 saturated heterocycles. The number of likely N-dealkylation sites (N-methyl/N-ethyl adjacent to an activating group) is 1. The van der Waals surface area contributed by atoms with Crippen molar-refractivity contribution in [2.24, 2.45) is 4.99 Å². The van der Waals surface area contributed by atoms with Crippen LogP contribution in [0, 0.1) is 6.92 Å². The molecule has 2 aromatic rings. The summed E-state index contributed by atoms with van der Waals surface area (Å²) in [7, 11) is 1.69. The minimum atomic E-state index is -0.145. The fourth-order valence-electron chi connectivity index (χ4n) is 2.48. The number of halogens is 1. The lowest BCUT2D eigenvalue weighted by molar-refractivity contribution is -0.121. The number of nitrogens with zero attached hydrogens (tertiary/aromatic N) is 2. The van der Waals surface area contributed by atoms with Crippen molar-refractivity contribution >= 4 is 46.2 Å². The van der Waals surface area contributed by atoms with E-state index in [1.54, 1.807) is 25.3 Å². The van der Waals surface area contributed by atoms with E-state index in [0.29, 0.717) is 22.2 Å². The molecule has 1 N–H and O–H groups in total. The Morgan fingerprint density at radius 3 is 2.67 bits per heavy atom. The van der Waals surface area contributed by atoms with Crippen LogP contribution in [-0.2, 0) is 4.79 Å². The number of phenols is 1. The molecule has 0 aliphatic carbocycles. The van der Waals surface area contributed by atoms with Gasteiger partial charge in [0.2, 0.25) is 0 Å². The number of benzene rings is 2. The van der Waals surface area contributed by atoms with Gasteiger partial charge in [0.1, 0.15) is 0 Å². The number of amides is 1. The average molecular weight is 403 g/mol. The number of rotatable bonds is 4. The highest BCUT2D eigenvalue weighted by Gasteiger charge is 2.30. The van der Waals surface area contributed by atoms with Gasteiger partial charge in [0.25, 0.3) is 5.91 Å². The predicted octanol–water partition coefficient (Wildman–Crippen LogP) is 4.99. The average Bonchev–Trinajstić information content (AvgIpc) is 2.89. The quantitative estimate of drug-likeness (QED) is 0.732. The van der Waals surface area contributed by atoms with Gasteiger partial charge in [0, 0.05) is 7.05 Å². The molecule has 0 aromatic heterocycles. The van der Waals surface area contributed by atoms with Gasteiger partial charge in [-0.05, 0) is 61.5 Å². The minimum Gasteiger partial charge on any atom is -0.503 e. The number of aliphatic imine (C=N–C) groups is 1. The second-order valence-corrected chi connectivity index (χ2v) is 7.40. The van der Waals surface area contributed by atoms with Crippen LogP contribution in [0.25, 0.3) is 6.08 Å². The number of phenolic OH excluding ortho intramolecular Hbond substituents is 1. The summed E-state index contributed by atoms with van der Waals surface area (Å²) in [6.45, 7) is 4.22. The number of ether oxygens (including phenoxy) is 1. The Morgan fingerprint density at radius 2 is 2.00 bits per heavy atom. The number of hydrogen-bond acceptors (Lipinski definition) is 5. The monoisotopic (exact) mass is 402 g/mol. The van der Waals surface area contributed by atoms with Crippen molar-refractivity contribution in [3.63, 3.8) is 0 Å². The first-order chi connectivity index (χ1) is 12.9. The highest BCUT2D eigenvalue weighted by atomic mass is 35.5. The van der Waals surface area contributed by atoms with Gasteiger partial charge in [-0.15, -0.1) is 0 Å². The Kier molecular flexibility index (Phi) is 5.77. The molecular formula is C20H19ClN2O3S. The summed E-state index contributed by atoms with van der Waals surface area (Å²) in [6, 6.07) is 11.0. The van der Waals surface area contributed by atoms with Gasteiger partial charge < -0.3 is 9.84 Å². The number of aryl methyl sites for hydroxylation is 1. The van der Waals surface area contributed by atoms with Crippen LogP contribution in [0.2, 0.25) is 5.02 Å². The molecule has 1 fully saturated rings. The second-order valence-electron chi connectivity index (χ2n) is 5.99. The Hall–Kier alpha value is -2.44. The summed E-state index contributed by atoms with van der Waals surface area (Å²) in [5.41, 5.74) is 2.61. The molecule has 5 nitrogen and oxygen atoms in total. The zero-order valence-corrected chi connectivity index (χ0v) is 16.8. The maximum Gasteiger partial charge on any atom is 0.266 e. The number of carbonyl (C=O) groups excluding carboxylic acids is 1. The van der Waals surface area contributed by atoms with Crippen LogP contribution in [-0.4, -0.2) is 34.7 Å². The molecule has 7 heteroatoms. The van der Waals surface area contributed by atoms with Crippen molar-refractivity contribution in [1.29, 1.82) is 0 Å². The van der Waals surface area contributed by atoms with E-state index in [9.17, 15) is 9.90 Å². The molecule has 0 atom stereocenters. The summed E-state index contributed by atoms with van der Waals surface area (Å²) in [5.74, 6) is 0.0343. The van der Waals surface area contributed by atoms with Gasteiger partial charge in [-0.2, -0.15) is 0 Å². The van der Waals surface area contributed by atoms with Crippen LogP contribution >= 0.6 is 23.4 Å². The van der Waals surface area contributed by atoms with Gasteiger partial charge in [-0.1, -0.05) is 29.3 Å². The van der Waals surface area contributed by atoms with E-state index in [2.05, 4.69) is 4.99 Å². The summed E-state index contributed by atoms with van der Waals surface area (Å²) in [6.07, 6.45) is 1.72. The number of carbonyl (C=O) groups is 1. The third-order valence-electron chi connectivity index (χ3n) is 3.91. The standard InChI is InChI=1S/C20H19ClN2O3S/c1-4-26-16-10-13(9-15(21)18(16)24)11-17-19(25)23(3)20(27-17)22-14-7-5-12(2)6-8-14/h5-11,24H,4H2,1-3H3/b17-11-,22-20?. The van der Waals surface area contributed by atoms with Gasteiger partial charge >= 0.3 is 0 Å². The van der Waals surface area contributed by atoms with Crippen LogP contribution in [0.15, 0.2) is 46.3 Å². The zero-order valence-electron chi connectivity index (χ0n) is 15.2. The molecule has 1 aliphatic rings. The van der Waals surface area contributed by atoms with Crippen LogP contribution in [0.5, 0.6) is 11.5 Å². The molecule has 1 heterocycles. The van der Waals surface area contributed by atoms with Crippen LogP contribution < -0.4 is 4.74 Å². The summed E-state index contributed by atoms with van der Waals surface area (Å²) in [4.78, 5) is 19.2. The Bertz CT molecular complexity index is 939. The molecule has 0 saturated carbocycles. The third-order valence-corrected chi connectivity index (χ3v) is 5.26. The van der Waals surface area contributed by atoms with Gasteiger partial charge in [0.05, 0.1) is 22.2 Å². The number of aromatic hydroxyl groups is 1. The Labute approximate surface area is 167 Å². The molecule has 1 amide bonds. The first-order valence-electron chi connectivity index (χ1n) is 8.37. The molecule has 0 spiro atoms. The van der Waals surface area contributed by atoms with Crippen LogP contribution in [0.1, 0.15) is 18.1 Å². The predicted molar refractivity (Wildman–Crippen MR) is 111 cm³/mol. The van der Waals surface area contributed by atoms with Crippen molar-refractivity contribution < 1.29 is 14.6 Å². The van der Waals surface area contributed by atoms with Crippen molar-refractivity contribution in [2.45, 2.75) is 13.8 Å². The minimum absolute atomic E-state index is 0.107. The molecule has 140 valence electrons. The van der Waals surface area contributed by atoms with Gasteiger partial charge in [-0.25, -0.2) is 4.99 Å². The first-order valence-corrected chi connectivity index (χ1v) is 9.56. The number of thioether (sulfide) groups is 1. The van der Waals surface area contributed by atoms with Gasteiger partial charge in [0.15, 0.2) is 16.7 Å². The van der Waals surface area contributed by atoms with E-state index in [1.165, 1.54) is 16.7 Å². The SMILES string of the molecule is CCOc1cc(/C=C2\SC(=Nc3ccc(C)cc3)N(C)C2=O)cc(Cl)c1O. The molecule has 0 unspecified atom stereocenters. The molecule has 0 bridgehead atoms. The lowest BCUT2D eigenvalue weighted by Gasteiger charge is -2.08. The maximum atomic E-state index is 12.6. The van der Waals surface area contributed by atoms with E-state index in [4.69, 9.17) is 16.3 Å². The molecular weight excluding hydrogens is 384 g/mol. The van der Waals surface area contributed by atoms with E-state index in [0.717, 1.165) is 11.3 Å². The molecule has 1 aliphatic heterocycles. The van der Waals surface area contributed by atoms with Crippen molar-refractivity contribution in [3.05, 3.63) is 57.5 Å². The Morgan fingerprint density at radius 1 is 1.30 bits per heavy atom. The van der Waals surface area contributed by atoms with Crippen molar-refractivity contribution in [3.8, 4) is 11.5 Å². The largest absolute Gasteiger partial charge is 0.503 e. The zero-order chi connectivity index (χ0) is 19.6. The first kappa shape index (κ1) is 19.3. The van der Waals surface area contributed by atoms with E-state index >= 15 is 0 Å². The van der Waals surface area contributed by atoms with E-state index in [1.807, 2.05) is 38.1 Å². The van der Waals surface area contributed by atoms with E-state index in [-0.39, 0.29) is 22.4 Å². The fraction of sp³-hybridized carbons (Fsp3) is 0.200. The Balaban J connectivity index is 1.91. The van der Waals surface area contributed by atoms with Crippen molar-refractivity contribution in [2.75, 3.05) is 13.7 Å². The molecule has 3 rings (SSSR count). The summed E-state index contributed by atoms with van der Waals surface area (Å²) >= 11 is 7.36. The highest BCUT2D eigenvalue weighted by Crippen LogP contribution is 2.38. The molecule has 27 heavy (non-hydrogen) atoms. The molecule has 0 radical (unpaired) electrons. The van der Waals surface area contributed by atoms with Gasteiger partial charge in [-0.3, -0.25) is 9.69 Å². The summed E-state index contributed by atoms with van der Waals surface area (Å²) in [5, 5.41) is 10.7. The lowest BCUT2D eigenvalue weighted by Crippen LogP contribution is -2.23. The summed E-state index contributed by atoms with van der Waals surface area (Å²) < 4.78 is 5.39. The second kappa shape index (κ2) is 8.06. The fourth-order valence-corrected chi connectivity index (χ4v) is 3.68. The van der Waals surface area contributed by atoms with E-state index < -0.39 is 0 Å². The lowest BCUT2D eigenvalue weighted by atomic mass is 10.2. The molecule has 2 aromatic carbocycles. The maximum absolute atomic E-state index is 12.6. The van der Waals surface area contributed by atoms with Crippen LogP contribution in [0.3, 0.4) is 0 Å². The highest BCUT2D eigenvalue weighted by molar-refractivity contribution is 8.18. The van der Waals surface area contributed by atoms with Crippen LogP contribution in [0.4, 0.5) is 5.69 Å². The smallest absolute Gasteiger partial charge is 0.266 e. The number of amidine groups is 1. The number of hydrogen-bond donors (Lipinski definition) is 1. The third kappa shape index (κ3) is 4.28.